The summed E-state index contributed by atoms with van der Waals surface area (Å²) in [5.74, 6) is 0.636. The molecule has 1 aromatic heterocycles. The first-order valence-corrected chi connectivity index (χ1v) is 7.21. The van der Waals surface area contributed by atoms with Crippen molar-refractivity contribution in [2.75, 3.05) is 20.1 Å². The highest BCUT2D eigenvalue weighted by atomic mass is 16.3. The first kappa shape index (κ1) is 13.4. The Morgan fingerprint density at radius 2 is 2.25 bits per heavy atom. The summed E-state index contributed by atoms with van der Waals surface area (Å²) >= 11 is 0. The van der Waals surface area contributed by atoms with E-state index in [4.69, 9.17) is 0 Å². The molecule has 5 nitrogen and oxygen atoms in total. The Balaban J connectivity index is 1.80. The summed E-state index contributed by atoms with van der Waals surface area (Å²) < 4.78 is 0. The molecule has 20 heavy (non-hydrogen) atoms. The van der Waals surface area contributed by atoms with Crippen LogP contribution in [0.1, 0.15) is 24.2 Å². The number of aryl methyl sites for hydroxylation is 1. The molecule has 3 rings (SSSR count). The third kappa shape index (κ3) is 2.26. The Labute approximate surface area is 119 Å². The van der Waals surface area contributed by atoms with E-state index in [1.807, 2.05) is 24.9 Å². The van der Waals surface area contributed by atoms with Crippen LogP contribution in [0, 0.1) is 12.8 Å². The van der Waals surface area contributed by atoms with E-state index in [0.29, 0.717) is 12.2 Å². The number of carbonyl (C=O) groups excluding carboxylic acids is 1. The van der Waals surface area contributed by atoms with E-state index < -0.39 is 0 Å². The van der Waals surface area contributed by atoms with E-state index in [1.165, 1.54) is 0 Å². The van der Waals surface area contributed by atoms with Crippen molar-refractivity contribution < 1.29 is 9.90 Å². The van der Waals surface area contributed by atoms with Crippen LogP contribution in [0.5, 0.6) is 5.75 Å². The quantitative estimate of drug-likeness (QED) is 0.879. The lowest BCUT2D eigenvalue weighted by molar-refractivity contribution is -0.130. The summed E-state index contributed by atoms with van der Waals surface area (Å²) in [6, 6.07) is 3.78. The van der Waals surface area contributed by atoms with Crippen molar-refractivity contribution in [3.05, 3.63) is 23.5 Å². The maximum Gasteiger partial charge on any atom is 0.227 e. The molecule has 2 fully saturated rings. The van der Waals surface area contributed by atoms with Crippen LogP contribution in [0.3, 0.4) is 0 Å². The maximum absolute atomic E-state index is 12.1. The number of likely N-dealkylation sites (N-methyl/N-ethyl adjacent to an activating group) is 1. The zero-order valence-corrected chi connectivity index (χ0v) is 12.0. The van der Waals surface area contributed by atoms with Gasteiger partial charge >= 0.3 is 0 Å². The number of likely N-dealkylation sites (tertiary alicyclic amines) is 2. The molecule has 1 N–H and O–H groups in total. The molecule has 0 spiro atoms. The van der Waals surface area contributed by atoms with Gasteiger partial charge in [0.15, 0.2) is 0 Å². The number of fused-ring (bicyclic) bond motifs is 1. The standard InChI is InChI=1S/C15H21N3O2/c1-10-5-6-14(19)12(16-10)8-18-7-3-4-11-13(18)9-17(2)15(11)20/h5-6,11,13,19H,3-4,7-9H2,1-2H3/t11-,13-/m1/s1. The Kier molecular flexibility index (Phi) is 3.38. The molecule has 0 radical (unpaired) electrons. The Bertz CT molecular complexity index is 532. The molecular formula is C15H21N3O2. The predicted molar refractivity (Wildman–Crippen MR) is 75.2 cm³/mol. The van der Waals surface area contributed by atoms with Crippen molar-refractivity contribution in [2.45, 2.75) is 32.4 Å². The lowest BCUT2D eigenvalue weighted by Gasteiger charge is -2.35. The minimum atomic E-state index is 0.126. The van der Waals surface area contributed by atoms with Gasteiger partial charge in [0.25, 0.3) is 0 Å². The molecule has 2 atom stereocenters. The number of aromatic nitrogens is 1. The number of aromatic hydroxyl groups is 1. The van der Waals surface area contributed by atoms with Crippen molar-refractivity contribution >= 4 is 5.91 Å². The van der Waals surface area contributed by atoms with Gasteiger partial charge in [0.1, 0.15) is 5.75 Å². The molecule has 108 valence electrons. The fourth-order valence-corrected chi connectivity index (χ4v) is 3.42. The second-order valence-electron chi connectivity index (χ2n) is 5.92. The number of piperidine rings is 1. The number of pyridine rings is 1. The molecular weight excluding hydrogens is 254 g/mol. The molecule has 2 aliphatic heterocycles. The maximum atomic E-state index is 12.1. The van der Waals surface area contributed by atoms with E-state index in [0.717, 1.165) is 31.6 Å². The molecule has 3 heterocycles. The van der Waals surface area contributed by atoms with Gasteiger partial charge in [-0.3, -0.25) is 14.7 Å². The third-order valence-electron chi connectivity index (χ3n) is 4.49. The molecule has 0 aliphatic carbocycles. The number of rotatable bonds is 2. The van der Waals surface area contributed by atoms with Crippen molar-refractivity contribution in [3.8, 4) is 5.75 Å². The van der Waals surface area contributed by atoms with Crippen LogP contribution in [-0.2, 0) is 11.3 Å². The van der Waals surface area contributed by atoms with Gasteiger partial charge in [-0.1, -0.05) is 0 Å². The smallest absolute Gasteiger partial charge is 0.227 e. The Morgan fingerprint density at radius 3 is 3.05 bits per heavy atom. The van der Waals surface area contributed by atoms with E-state index in [1.54, 1.807) is 6.07 Å². The van der Waals surface area contributed by atoms with Gasteiger partial charge in [0.05, 0.1) is 11.6 Å². The SMILES string of the molecule is Cc1ccc(O)c(CN2CCC[C@H]3C(=O)N(C)C[C@H]32)n1. The van der Waals surface area contributed by atoms with Gasteiger partial charge in [-0.2, -0.15) is 0 Å². The van der Waals surface area contributed by atoms with E-state index in [-0.39, 0.29) is 23.6 Å². The van der Waals surface area contributed by atoms with Crippen molar-refractivity contribution in [2.24, 2.45) is 5.92 Å². The molecule has 0 unspecified atom stereocenters. The Hall–Kier alpha value is -1.62. The van der Waals surface area contributed by atoms with Crippen LogP contribution >= 0.6 is 0 Å². The largest absolute Gasteiger partial charge is 0.506 e. The summed E-state index contributed by atoms with van der Waals surface area (Å²) in [4.78, 5) is 20.7. The van der Waals surface area contributed by atoms with Crippen LogP contribution in [0.2, 0.25) is 0 Å². The van der Waals surface area contributed by atoms with Crippen LogP contribution in [0.25, 0.3) is 0 Å². The zero-order valence-electron chi connectivity index (χ0n) is 12.0. The van der Waals surface area contributed by atoms with E-state index in [2.05, 4.69) is 9.88 Å². The third-order valence-corrected chi connectivity index (χ3v) is 4.49. The van der Waals surface area contributed by atoms with Crippen LogP contribution < -0.4 is 0 Å². The second kappa shape index (κ2) is 5.05. The van der Waals surface area contributed by atoms with Crippen LogP contribution in [-0.4, -0.2) is 52.0 Å². The fraction of sp³-hybridized carbons (Fsp3) is 0.600. The molecule has 5 heteroatoms. The van der Waals surface area contributed by atoms with Crippen LogP contribution in [0.4, 0.5) is 0 Å². The monoisotopic (exact) mass is 275 g/mol. The topological polar surface area (TPSA) is 56.7 Å². The summed E-state index contributed by atoms with van der Waals surface area (Å²) in [6.07, 6.45) is 2.02. The minimum absolute atomic E-state index is 0.126. The lowest BCUT2D eigenvalue weighted by Crippen LogP contribution is -2.45. The summed E-state index contributed by atoms with van der Waals surface area (Å²) in [7, 11) is 1.88. The highest BCUT2D eigenvalue weighted by molar-refractivity contribution is 5.81. The second-order valence-corrected chi connectivity index (χ2v) is 5.92. The average Bonchev–Trinajstić information content (AvgIpc) is 2.71. The van der Waals surface area contributed by atoms with Crippen molar-refractivity contribution in [1.82, 2.24) is 14.8 Å². The molecule has 2 aliphatic rings. The summed E-state index contributed by atoms with van der Waals surface area (Å²) in [5.41, 5.74) is 1.62. The highest BCUT2D eigenvalue weighted by Gasteiger charge is 2.43. The highest BCUT2D eigenvalue weighted by Crippen LogP contribution is 2.32. The number of carbonyl (C=O) groups is 1. The lowest BCUT2D eigenvalue weighted by atomic mass is 9.91. The van der Waals surface area contributed by atoms with Gasteiger partial charge in [-0.25, -0.2) is 0 Å². The predicted octanol–water partition coefficient (Wildman–Crippen LogP) is 1.15. The van der Waals surface area contributed by atoms with Crippen LogP contribution in [0.15, 0.2) is 12.1 Å². The number of nitrogens with zero attached hydrogens (tertiary/aromatic N) is 3. The number of hydrogen-bond donors (Lipinski definition) is 1. The number of amides is 1. The first-order valence-electron chi connectivity index (χ1n) is 7.21. The van der Waals surface area contributed by atoms with Gasteiger partial charge in [-0.05, 0) is 38.4 Å². The molecule has 1 amide bonds. The van der Waals surface area contributed by atoms with Crippen molar-refractivity contribution in [3.63, 3.8) is 0 Å². The van der Waals surface area contributed by atoms with Gasteiger partial charge < -0.3 is 10.0 Å². The Morgan fingerprint density at radius 1 is 1.45 bits per heavy atom. The molecule has 0 aromatic carbocycles. The molecule has 0 bridgehead atoms. The average molecular weight is 275 g/mol. The zero-order chi connectivity index (χ0) is 14.3. The van der Waals surface area contributed by atoms with Crippen molar-refractivity contribution in [1.29, 1.82) is 0 Å². The molecule has 0 saturated carbocycles. The molecule has 2 saturated heterocycles. The summed E-state index contributed by atoms with van der Waals surface area (Å²) in [5, 5.41) is 9.94. The molecule has 1 aromatic rings. The summed E-state index contributed by atoms with van der Waals surface area (Å²) in [6.45, 7) is 4.30. The normalized spacial score (nSPS) is 26.9. The van der Waals surface area contributed by atoms with E-state index in [9.17, 15) is 9.90 Å². The first-order chi connectivity index (χ1) is 9.56. The van der Waals surface area contributed by atoms with E-state index >= 15 is 0 Å². The van der Waals surface area contributed by atoms with Gasteiger partial charge in [0.2, 0.25) is 5.91 Å². The van der Waals surface area contributed by atoms with Gasteiger partial charge in [0, 0.05) is 31.9 Å². The fourth-order valence-electron chi connectivity index (χ4n) is 3.42. The number of hydrogen-bond acceptors (Lipinski definition) is 4. The van der Waals surface area contributed by atoms with Gasteiger partial charge in [-0.15, -0.1) is 0 Å². The minimum Gasteiger partial charge on any atom is -0.506 e.